The number of aromatic amines is 1. The molecule has 140 valence electrons. The minimum Gasteiger partial charge on any atom is -0.493 e. The summed E-state index contributed by atoms with van der Waals surface area (Å²) in [7, 11) is 1.61. The molecule has 3 rings (SSSR count). The summed E-state index contributed by atoms with van der Waals surface area (Å²) in [5.74, 6) is 1.37. The van der Waals surface area contributed by atoms with Crippen LogP contribution in [0.4, 0.5) is 0 Å². The van der Waals surface area contributed by atoms with Gasteiger partial charge in [-0.2, -0.15) is 0 Å². The molecule has 0 aliphatic carbocycles. The van der Waals surface area contributed by atoms with Crippen molar-refractivity contribution in [2.24, 2.45) is 0 Å². The quantitative estimate of drug-likeness (QED) is 0.557. The van der Waals surface area contributed by atoms with Gasteiger partial charge in [0.1, 0.15) is 0 Å². The van der Waals surface area contributed by atoms with Gasteiger partial charge in [0.15, 0.2) is 11.5 Å². The van der Waals surface area contributed by atoms with Crippen LogP contribution in [0, 0.1) is 3.57 Å². The second-order valence-corrected chi connectivity index (χ2v) is 7.17. The zero-order valence-corrected chi connectivity index (χ0v) is 17.4. The van der Waals surface area contributed by atoms with E-state index in [9.17, 15) is 4.79 Å². The maximum atomic E-state index is 12.8. The van der Waals surface area contributed by atoms with Gasteiger partial charge < -0.3 is 9.47 Å². The lowest BCUT2D eigenvalue weighted by atomic mass is 10.1. The third kappa shape index (κ3) is 4.10. The van der Waals surface area contributed by atoms with E-state index in [0.29, 0.717) is 22.9 Å². The third-order valence-corrected chi connectivity index (χ3v) is 4.83. The van der Waals surface area contributed by atoms with Gasteiger partial charge in [0.05, 0.1) is 33.5 Å². The Bertz CT molecular complexity index is 1100. The Kier molecular flexibility index (Phi) is 6.05. The van der Waals surface area contributed by atoms with Crippen LogP contribution < -0.4 is 25.6 Å². The number of rotatable bonds is 6. The van der Waals surface area contributed by atoms with Gasteiger partial charge in [0.2, 0.25) is 0 Å². The van der Waals surface area contributed by atoms with Crippen molar-refractivity contribution >= 4 is 35.2 Å². The van der Waals surface area contributed by atoms with E-state index in [-0.39, 0.29) is 5.56 Å². The second-order valence-electron chi connectivity index (χ2n) is 6.01. The van der Waals surface area contributed by atoms with Gasteiger partial charge in [-0.1, -0.05) is 31.7 Å². The Labute approximate surface area is 171 Å². The minimum atomic E-state index is -0.147. The first-order chi connectivity index (χ1) is 13.0. The number of benzene rings is 2. The minimum absolute atomic E-state index is 0.147. The maximum Gasteiger partial charge on any atom is 0.279 e. The standard InChI is InChI=1S/C21H21IN2O3/c1-4-10-27-20-18(22)12-15(13-19(20)26-3)11-17-14(2)23-24(21(17)25)16-8-6-5-7-9-16/h5-9,11-13,23H,2,4,10H2,1,3H3/b17-11-. The summed E-state index contributed by atoms with van der Waals surface area (Å²) in [5, 5.41) is 4.11. The molecule has 0 amide bonds. The highest BCUT2D eigenvalue weighted by Gasteiger charge is 2.11. The number of aromatic nitrogens is 2. The van der Waals surface area contributed by atoms with E-state index in [1.54, 1.807) is 7.11 Å². The van der Waals surface area contributed by atoms with Gasteiger partial charge in [-0.15, -0.1) is 0 Å². The van der Waals surface area contributed by atoms with Crippen molar-refractivity contribution in [1.82, 2.24) is 9.78 Å². The fraction of sp³-hybridized carbons (Fsp3) is 0.190. The lowest BCUT2D eigenvalue weighted by Crippen LogP contribution is -2.33. The van der Waals surface area contributed by atoms with Crippen LogP contribution in [0.25, 0.3) is 18.3 Å². The average Bonchev–Trinajstić information content (AvgIpc) is 2.95. The third-order valence-electron chi connectivity index (χ3n) is 4.03. The predicted molar refractivity (Wildman–Crippen MR) is 116 cm³/mol. The summed E-state index contributed by atoms with van der Waals surface area (Å²) < 4.78 is 13.7. The van der Waals surface area contributed by atoms with Crippen LogP contribution in [0.5, 0.6) is 11.5 Å². The normalized spacial score (nSPS) is 11.6. The molecule has 0 saturated heterocycles. The van der Waals surface area contributed by atoms with Gasteiger partial charge in [-0.05, 0) is 64.9 Å². The molecule has 27 heavy (non-hydrogen) atoms. The number of hydrogen-bond acceptors (Lipinski definition) is 3. The topological polar surface area (TPSA) is 56.2 Å². The van der Waals surface area contributed by atoms with E-state index in [4.69, 9.17) is 9.47 Å². The first-order valence-corrected chi connectivity index (χ1v) is 9.70. The number of methoxy groups -OCH3 is 1. The van der Waals surface area contributed by atoms with Crippen molar-refractivity contribution in [2.75, 3.05) is 13.7 Å². The monoisotopic (exact) mass is 476 g/mol. The van der Waals surface area contributed by atoms with Crippen molar-refractivity contribution in [2.45, 2.75) is 13.3 Å². The summed E-state index contributed by atoms with van der Waals surface area (Å²) in [6, 6.07) is 13.2. The molecular formula is C21H21IN2O3. The molecule has 6 heteroatoms. The van der Waals surface area contributed by atoms with Gasteiger partial charge >= 0.3 is 0 Å². The smallest absolute Gasteiger partial charge is 0.279 e. The fourth-order valence-corrected chi connectivity index (χ4v) is 3.52. The second kappa shape index (κ2) is 8.47. The molecule has 2 aromatic carbocycles. The maximum absolute atomic E-state index is 12.8. The molecule has 1 aromatic heterocycles. The number of hydrogen-bond donors (Lipinski definition) is 1. The van der Waals surface area contributed by atoms with E-state index in [2.05, 4.69) is 41.2 Å². The average molecular weight is 476 g/mol. The van der Waals surface area contributed by atoms with Crippen LogP contribution in [-0.4, -0.2) is 23.5 Å². The van der Waals surface area contributed by atoms with E-state index in [1.165, 1.54) is 4.68 Å². The molecule has 0 bridgehead atoms. The summed E-state index contributed by atoms with van der Waals surface area (Å²) in [6.45, 7) is 6.66. The number of ether oxygens (including phenoxy) is 2. The van der Waals surface area contributed by atoms with E-state index >= 15 is 0 Å². The zero-order chi connectivity index (χ0) is 19.4. The number of para-hydroxylation sites is 1. The lowest BCUT2D eigenvalue weighted by molar-refractivity contribution is 0.292. The molecule has 0 unspecified atom stereocenters. The molecule has 3 aromatic rings. The summed E-state index contributed by atoms with van der Waals surface area (Å²) in [4.78, 5) is 12.8. The van der Waals surface area contributed by atoms with Gasteiger partial charge in [0, 0.05) is 0 Å². The van der Waals surface area contributed by atoms with Gasteiger partial charge in [-0.3, -0.25) is 9.89 Å². The summed E-state index contributed by atoms with van der Waals surface area (Å²) in [6.07, 6.45) is 2.73. The SMILES string of the molecule is C=c1[nH]n(-c2ccccc2)c(=O)/c1=C\c1cc(I)c(OCCC)c(OC)c1. The Balaban J connectivity index is 2.10. The van der Waals surface area contributed by atoms with Crippen LogP contribution >= 0.6 is 22.6 Å². The summed E-state index contributed by atoms with van der Waals surface area (Å²) >= 11 is 2.22. The number of nitrogens with zero attached hydrogens (tertiary/aromatic N) is 1. The highest BCUT2D eigenvalue weighted by molar-refractivity contribution is 14.1. The molecule has 5 nitrogen and oxygen atoms in total. The number of H-pyrrole nitrogens is 1. The molecule has 0 spiro atoms. The largest absolute Gasteiger partial charge is 0.493 e. The molecule has 0 aliphatic rings. The Morgan fingerprint density at radius 3 is 2.67 bits per heavy atom. The van der Waals surface area contributed by atoms with Crippen LogP contribution in [0.15, 0.2) is 47.3 Å². The van der Waals surface area contributed by atoms with Gasteiger partial charge in [-0.25, -0.2) is 4.68 Å². The molecule has 0 fully saturated rings. The zero-order valence-electron chi connectivity index (χ0n) is 15.3. The van der Waals surface area contributed by atoms with Crippen molar-refractivity contribution in [3.8, 4) is 17.2 Å². The molecule has 0 atom stereocenters. The fourth-order valence-electron chi connectivity index (χ4n) is 2.74. The number of halogens is 1. The van der Waals surface area contributed by atoms with Crippen molar-refractivity contribution in [3.63, 3.8) is 0 Å². The highest BCUT2D eigenvalue weighted by atomic mass is 127. The highest BCUT2D eigenvalue weighted by Crippen LogP contribution is 2.34. The predicted octanol–water partition coefficient (Wildman–Crippen LogP) is 2.81. The van der Waals surface area contributed by atoms with E-state index in [1.807, 2.05) is 48.5 Å². The molecule has 1 heterocycles. The first-order valence-electron chi connectivity index (χ1n) is 8.62. The first kappa shape index (κ1) is 19.3. The molecule has 0 aliphatic heterocycles. The van der Waals surface area contributed by atoms with Crippen LogP contribution in [0.3, 0.4) is 0 Å². The van der Waals surface area contributed by atoms with Crippen LogP contribution in [0.2, 0.25) is 0 Å². The van der Waals surface area contributed by atoms with Crippen LogP contribution in [-0.2, 0) is 0 Å². The molecule has 0 saturated carbocycles. The Hall–Kier alpha value is -2.48. The van der Waals surface area contributed by atoms with E-state index < -0.39 is 0 Å². The van der Waals surface area contributed by atoms with Gasteiger partial charge in [0.25, 0.3) is 5.56 Å². The Morgan fingerprint density at radius 1 is 1.26 bits per heavy atom. The number of nitrogens with one attached hydrogen (secondary N) is 1. The van der Waals surface area contributed by atoms with Crippen LogP contribution in [0.1, 0.15) is 18.9 Å². The molecule has 1 N–H and O–H groups in total. The van der Waals surface area contributed by atoms with Crippen molar-refractivity contribution in [3.05, 3.63) is 72.5 Å². The molecular weight excluding hydrogens is 455 g/mol. The summed E-state index contributed by atoms with van der Waals surface area (Å²) in [5.41, 5.74) is 1.47. The van der Waals surface area contributed by atoms with Crippen molar-refractivity contribution in [1.29, 1.82) is 0 Å². The van der Waals surface area contributed by atoms with Crippen molar-refractivity contribution < 1.29 is 9.47 Å². The van der Waals surface area contributed by atoms with E-state index in [0.717, 1.165) is 27.0 Å². The molecule has 0 radical (unpaired) electrons. The lowest BCUT2D eigenvalue weighted by Gasteiger charge is -2.12. The Morgan fingerprint density at radius 2 is 2.00 bits per heavy atom.